The van der Waals surface area contributed by atoms with Crippen LogP contribution in [0.5, 0.6) is 0 Å². The van der Waals surface area contributed by atoms with Gasteiger partial charge in [-0.05, 0) is 124 Å². The zero-order valence-corrected chi connectivity index (χ0v) is 33.3. The van der Waals surface area contributed by atoms with Gasteiger partial charge in [-0.15, -0.1) is 0 Å². The molecule has 1 aromatic heterocycles. The fourth-order valence-corrected chi connectivity index (χ4v) is 8.73. The lowest BCUT2D eigenvalue weighted by molar-refractivity contribution is -0.137. The first-order valence-electron chi connectivity index (χ1n) is 19.4. The summed E-state index contributed by atoms with van der Waals surface area (Å²) in [6, 6.07) is 20.1. The van der Waals surface area contributed by atoms with Gasteiger partial charge in [0, 0.05) is 42.5 Å². The average molecular weight is 807 g/mol. The number of aliphatic hydroxyl groups is 2. The molecule has 3 aliphatic rings. The van der Waals surface area contributed by atoms with E-state index in [0.29, 0.717) is 81.3 Å². The third-order valence-electron chi connectivity index (χ3n) is 11.8. The standard InChI is InChI=1S/C45H50ClF3N2O6/c1-29-9-7-21-43(2)37(20-22-44(43,55)28-51(23-8-24-56-3)42(54)50-32-10-5-4-6-11-32)34-16-13-30(25-33(52)15-12-29)26-35(34)41(53)40-19-18-39(57-40)36-27-31(45(47,48)49)14-17-38(36)46/h4-6,9-11,13-14,16-19,26-27,33,37,52,55H,7-8,12,15,20-25,28H2,1-3H3,(H,50,54)/t33-,37-,43-,44+/m0/s1. The molecule has 1 saturated carbocycles. The molecule has 12 heteroatoms. The number of ether oxygens (including phenoxy) is 1. The van der Waals surface area contributed by atoms with Crippen LogP contribution in [0, 0.1) is 5.41 Å². The number of furan rings is 1. The number of fused-ring (bicyclic) bond motifs is 8. The molecule has 1 fully saturated rings. The van der Waals surface area contributed by atoms with Gasteiger partial charge in [0.15, 0.2) is 5.76 Å². The fraction of sp³-hybridized carbons (Fsp3) is 0.422. The predicted molar refractivity (Wildman–Crippen MR) is 215 cm³/mol. The number of allylic oxidation sites excluding steroid dienone is 2. The average Bonchev–Trinajstić information content (AvgIpc) is 3.76. The third-order valence-corrected chi connectivity index (χ3v) is 12.2. The first kappa shape index (κ1) is 42.2. The highest BCUT2D eigenvalue weighted by atomic mass is 35.5. The molecule has 1 heterocycles. The molecular weight excluding hydrogens is 757 g/mol. The Hall–Kier alpha value is -4.42. The monoisotopic (exact) mass is 806 g/mol. The lowest BCUT2D eigenvalue weighted by Crippen LogP contribution is -2.54. The maximum Gasteiger partial charge on any atom is 0.416 e. The van der Waals surface area contributed by atoms with Crippen molar-refractivity contribution in [2.45, 2.75) is 89.0 Å². The Morgan fingerprint density at radius 1 is 1.04 bits per heavy atom. The quantitative estimate of drug-likeness (QED) is 0.0836. The van der Waals surface area contributed by atoms with Crippen molar-refractivity contribution in [1.29, 1.82) is 0 Å². The lowest BCUT2D eigenvalue weighted by Gasteiger charge is -2.46. The Balaban J connectivity index is 1.40. The first-order chi connectivity index (χ1) is 27.1. The Bertz CT molecular complexity index is 2080. The molecule has 0 spiro atoms. The molecule has 2 amide bonds. The van der Waals surface area contributed by atoms with E-state index in [0.717, 1.165) is 29.3 Å². The van der Waals surface area contributed by atoms with Crippen LogP contribution in [0.4, 0.5) is 23.7 Å². The number of carbonyl (C=O) groups excluding carboxylic acids is 2. The van der Waals surface area contributed by atoms with Crippen LogP contribution >= 0.6 is 11.6 Å². The number of nitrogens with zero attached hydrogens (tertiary/aromatic N) is 1. The number of benzene rings is 3. The van der Waals surface area contributed by atoms with Crippen LogP contribution in [-0.4, -0.2) is 65.4 Å². The molecule has 2 bridgehead atoms. The SMILES string of the molecule is COCCCN(C[C@]1(O)CC[C@H]2c3ccc(cc3C(=O)c3ccc(-c4cc(C(F)(F)F)ccc4Cl)o3)C[C@@H](O)CCC(C)=CCC[C@@]21C)C(=O)Nc1ccccc1. The van der Waals surface area contributed by atoms with Gasteiger partial charge >= 0.3 is 12.2 Å². The molecule has 4 aromatic rings. The van der Waals surface area contributed by atoms with Crippen molar-refractivity contribution >= 4 is 29.1 Å². The molecular formula is C45H50ClF3N2O6. The Kier molecular flexibility index (Phi) is 13.0. The summed E-state index contributed by atoms with van der Waals surface area (Å²) in [7, 11) is 1.60. The smallest absolute Gasteiger partial charge is 0.416 e. The summed E-state index contributed by atoms with van der Waals surface area (Å²) in [6.07, 6.45) is 0.950. The van der Waals surface area contributed by atoms with Crippen molar-refractivity contribution in [3.05, 3.63) is 124 Å². The summed E-state index contributed by atoms with van der Waals surface area (Å²) in [5.41, 5.74) is 0.392. The molecule has 0 saturated heterocycles. The van der Waals surface area contributed by atoms with Gasteiger partial charge in [0.1, 0.15) is 5.76 Å². The van der Waals surface area contributed by atoms with Gasteiger partial charge in [-0.2, -0.15) is 13.2 Å². The van der Waals surface area contributed by atoms with Crippen LogP contribution in [0.15, 0.2) is 94.9 Å². The molecule has 7 rings (SSSR count). The number of hydrogen-bond acceptors (Lipinski definition) is 6. The second-order valence-corrected chi connectivity index (χ2v) is 16.1. The lowest BCUT2D eigenvalue weighted by atomic mass is 9.64. The van der Waals surface area contributed by atoms with Gasteiger partial charge in [0.05, 0.1) is 28.8 Å². The Morgan fingerprint density at radius 2 is 1.81 bits per heavy atom. The number of rotatable bonds is 10. The number of aliphatic hydroxyl groups excluding tert-OH is 1. The van der Waals surface area contributed by atoms with E-state index < -0.39 is 34.6 Å². The summed E-state index contributed by atoms with van der Waals surface area (Å²) in [5.74, 6) is -0.912. The summed E-state index contributed by atoms with van der Waals surface area (Å²) < 4.78 is 52.1. The third kappa shape index (κ3) is 9.49. The summed E-state index contributed by atoms with van der Waals surface area (Å²) >= 11 is 6.33. The summed E-state index contributed by atoms with van der Waals surface area (Å²) in [5, 5.41) is 26.9. The van der Waals surface area contributed by atoms with Crippen LogP contribution < -0.4 is 5.32 Å². The van der Waals surface area contributed by atoms with E-state index in [1.165, 1.54) is 12.1 Å². The van der Waals surface area contributed by atoms with E-state index >= 15 is 0 Å². The van der Waals surface area contributed by atoms with Gasteiger partial charge in [-0.3, -0.25) is 4.79 Å². The van der Waals surface area contributed by atoms with Gasteiger partial charge in [-0.1, -0.05) is 60.5 Å². The maximum absolute atomic E-state index is 14.6. The van der Waals surface area contributed by atoms with E-state index in [1.54, 1.807) is 30.2 Å². The molecule has 57 heavy (non-hydrogen) atoms. The second kappa shape index (κ2) is 17.6. The van der Waals surface area contributed by atoms with Crippen molar-refractivity contribution in [3.8, 4) is 11.3 Å². The fourth-order valence-electron chi connectivity index (χ4n) is 8.52. The number of anilines is 1. The van der Waals surface area contributed by atoms with Crippen LogP contribution in [0.1, 0.15) is 97.5 Å². The van der Waals surface area contributed by atoms with Gasteiger partial charge in [-0.25, -0.2) is 4.79 Å². The van der Waals surface area contributed by atoms with Crippen molar-refractivity contribution in [2.24, 2.45) is 5.41 Å². The maximum atomic E-state index is 14.6. The highest BCUT2D eigenvalue weighted by Gasteiger charge is 2.57. The molecule has 8 nitrogen and oxygen atoms in total. The number of ketones is 1. The number of halogens is 4. The van der Waals surface area contributed by atoms with E-state index in [1.807, 2.05) is 44.2 Å². The molecule has 3 aliphatic carbocycles. The van der Waals surface area contributed by atoms with Crippen LogP contribution in [0.25, 0.3) is 11.3 Å². The Morgan fingerprint density at radius 3 is 2.54 bits per heavy atom. The minimum Gasteiger partial charge on any atom is -0.453 e. The van der Waals surface area contributed by atoms with Crippen LogP contribution in [0.3, 0.4) is 0 Å². The van der Waals surface area contributed by atoms with Crippen molar-refractivity contribution in [1.82, 2.24) is 4.90 Å². The van der Waals surface area contributed by atoms with Crippen molar-refractivity contribution < 1.29 is 42.1 Å². The van der Waals surface area contributed by atoms with Crippen molar-refractivity contribution in [3.63, 3.8) is 0 Å². The largest absolute Gasteiger partial charge is 0.453 e. The number of alkyl halides is 3. The molecule has 0 radical (unpaired) electrons. The van der Waals surface area contributed by atoms with E-state index in [4.69, 9.17) is 20.8 Å². The van der Waals surface area contributed by atoms with E-state index in [2.05, 4.69) is 11.4 Å². The summed E-state index contributed by atoms with van der Waals surface area (Å²) in [6.45, 7) is 4.89. The topological polar surface area (TPSA) is 112 Å². The second-order valence-electron chi connectivity index (χ2n) is 15.7. The molecule has 304 valence electrons. The van der Waals surface area contributed by atoms with Gasteiger partial charge < -0.3 is 29.6 Å². The van der Waals surface area contributed by atoms with Gasteiger partial charge in [0.25, 0.3) is 0 Å². The molecule has 4 atom stereocenters. The van der Waals surface area contributed by atoms with Crippen LogP contribution in [-0.2, 0) is 17.3 Å². The number of hydrogen-bond donors (Lipinski definition) is 3. The highest BCUT2D eigenvalue weighted by Crippen LogP contribution is 2.59. The number of amides is 2. The molecule has 3 N–H and O–H groups in total. The molecule has 0 aliphatic heterocycles. The minimum absolute atomic E-state index is 0.000213. The first-order valence-corrected chi connectivity index (χ1v) is 19.8. The zero-order chi connectivity index (χ0) is 41.0. The molecule has 3 aromatic carbocycles. The van der Waals surface area contributed by atoms with E-state index in [-0.39, 0.29) is 40.6 Å². The number of urea groups is 1. The van der Waals surface area contributed by atoms with Gasteiger partial charge in [0.2, 0.25) is 5.78 Å². The number of carbonyl (C=O) groups is 2. The van der Waals surface area contributed by atoms with Crippen LogP contribution in [0.2, 0.25) is 5.02 Å². The predicted octanol–water partition coefficient (Wildman–Crippen LogP) is 10.5. The minimum atomic E-state index is -4.61. The number of para-hydroxylation sites is 1. The highest BCUT2D eigenvalue weighted by molar-refractivity contribution is 6.33. The van der Waals surface area contributed by atoms with E-state index in [9.17, 15) is 33.0 Å². The number of nitrogens with one attached hydrogen (secondary N) is 1. The zero-order valence-electron chi connectivity index (χ0n) is 32.5. The Labute approximate surface area is 336 Å². The normalized spacial score (nSPS) is 22.7. The number of methoxy groups -OCH3 is 1. The van der Waals surface area contributed by atoms with Crippen molar-refractivity contribution in [2.75, 3.05) is 32.1 Å². The summed E-state index contributed by atoms with van der Waals surface area (Å²) in [4.78, 5) is 30.1. The molecule has 0 unspecified atom stereocenters.